The van der Waals surface area contributed by atoms with Crippen LogP contribution in [0, 0.1) is 0 Å². The third-order valence-corrected chi connectivity index (χ3v) is 4.89. The third kappa shape index (κ3) is 7.07. The van der Waals surface area contributed by atoms with Crippen LogP contribution in [0.4, 0.5) is 0 Å². The van der Waals surface area contributed by atoms with E-state index in [9.17, 15) is 9.59 Å². The monoisotopic (exact) mass is 420 g/mol. The van der Waals surface area contributed by atoms with E-state index in [0.717, 1.165) is 24.6 Å². The van der Waals surface area contributed by atoms with Crippen LogP contribution in [0.1, 0.15) is 40.3 Å². The Hall–Kier alpha value is -2.58. The molecule has 0 unspecified atom stereocenters. The third-order valence-electron chi connectivity index (χ3n) is 3.95. The number of phenolic OH excluding ortho intramolecular Hbond substituents is 1. The minimum atomic E-state index is -0.190. The Morgan fingerprint density at radius 2 is 1.93 bits per heavy atom. The maximum absolute atomic E-state index is 12.1. The molecule has 2 N–H and O–H groups in total. The van der Waals surface area contributed by atoms with Gasteiger partial charge in [-0.3, -0.25) is 14.6 Å². The van der Waals surface area contributed by atoms with E-state index < -0.39 is 0 Å². The molecule has 2 aromatic rings. The van der Waals surface area contributed by atoms with Crippen LogP contribution in [0.3, 0.4) is 0 Å². The van der Waals surface area contributed by atoms with Crippen molar-refractivity contribution in [3.05, 3.63) is 53.3 Å². The maximum atomic E-state index is 12.1. The van der Waals surface area contributed by atoms with E-state index in [1.165, 1.54) is 13.2 Å². The molecule has 1 aromatic heterocycles. The molecule has 1 aromatic carbocycles. The van der Waals surface area contributed by atoms with Crippen LogP contribution in [0.2, 0.25) is 0 Å². The van der Waals surface area contributed by atoms with Crippen LogP contribution < -0.4 is 4.74 Å². The topological polar surface area (TPSA) is 100.0 Å². The number of aromatic hydroxyl groups is 1. The molecular formula is C21H28N2O5S. The number of ether oxygens (including phenoxy) is 1. The van der Waals surface area contributed by atoms with Gasteiger partial charge in [0, 0.05) is 30.8 Å². The number of nitrogens with zero attached hydrogens (tertiary/aromatic N) is 2. The summed E-state index contributed by atoms with van der Waals surface area (Å²) in [7, 11) is 1.45. The van der Waals surface area contributed by atoms with E-state index in [0.29, 0.717) is 23.3 Å². The van der Waals surface area contributed by atoms with E-state index in [4.69, 9.17) is 14.9 Å². The number of aromatic nitrogens is 1. The lowest BCUT2D eigenvalue weighted by molar-refractivity contribution is 0.0768. The molecule has 1 aliphatic rings. The molecule has 8 heteroatoms. The van der Waals surface area contributed by atoms with Gasteiger partial charge in [0.05, 0.1) is 30.5 Å². The number of methoxy groups -OCH3 is 1. The highest BCUT2D eigenvalue weighted by Gasteiger charge is 2.20. The first-order chi connectivity index (χ1) is 14.1. The van der Waals surface area contributed by atoms with Crippen molar-refractivity contribution in [1.82, 2.24) is 9.88 Å². The van der Waals surface area contributed by atoms with Crippen molar-refractivity contribution in [1.29, 1.82) is 0 Å². The number of benzene rings is 1. The van der Waals surface area contributed by atoms with E-state index in [-0.39, 0.29) is 23.8 Å². The fourth-order valence-corrected chi connectivity index (χ4v) is 3.43. The van der Waals surface area contributed by atoms with Crippen LogP contribution in [-0.4, -0.2) is 64.0 Å². The number of hydrogen-bond donors (Lipinski definition) is 2. The minimum Gasteiger partial charge on any atom is -0.507 e. The zero-order valence-corrected chi connectivity index (χ0v) is 17.8. The SMILES string of the molecule is CC.COc1cccc(O)c1C=O.O=C(c1cccnc1CO)N1CCSCC1. The molecule has 0 saturated carbocycles. The number of phenols is 1. The molecule has 29 heavy (non-hydrogen) atoms. The summed E-state index contributed by atoms with van der Waals surface area (Å²) >= 11 is 1.86. The number of aliphatic hydroxyl groups excluding tert-OH is 1. The number of hydrogen-bond acceptors (Lipinski definition) is 7. The number of carbonyl (C=O) groups is 2. The van der Waals surface area contributed by atoms with Gasteiger partial charge >= 0.3 is 0 Å². The van der Waals surface area contributed by atoms with Crippen molar-refractivity contribution in [2.24, 2.45) is 0 Å². The highest BCUT2D eigenvalue weighted by molar-refractivity contribution is 7.99. The number of aldehydes is 1. The summed E-state index contributed by atoms with van der Waals surface area (Å²) in [5.41, 5.74) is 1.18. The minimum absolute atomic E-state index is 0.0162. The van der Waals surface area contributed by atoms with Gasteiger partial charge in [-0.2, -0.15) is 11.8 Å². The van der Waals surface area contributed by atoms with E-state index in [1.54, 1.807) is 30.5 Å². The summed E-state index contributed by atoms with van der Waals surface area (Å²) in [5.74, 6) is 2.29. The predicted molar refractivity (Wildman–Crippen MR) is 115 cm³/mol. The second-order valence-corrected chi connectivity index (χ2v) is 6.80. The number of aliphatic hydroxyl groups is 1. The molecule has 0 bridgehead atoms. The predicted octanol–water partition coefficient (Wildman–Crippen LogP) is 3.00. The van der Waals surface area contributed by atoms with E-state index in [1.807, 2.05) is 30.5 Å². The molecule has 0 aliphatic carbocycles. The Kier molecular flexibility index (Phi) is 11.4. The number of carbonyl (C=O) groups excluding carboxylic acids is 2. The fourth-order valence-electron chi connectivity index (χ4n) is 2.52. The first-order valence-electron chi connectivity index (χ1n) is 9.35. The summed E-state index contributed by atoms with van der Waals surface area (Å²) in [6.45, 7) is 5.37. The van der Waals surface area contributed by atoms with Crippen LogP contribution in [0.5, 0.6) is 11.5 Å². The van der Waals surface area contributed by atoms with Crippen molar-refractivity contribution in [2.75, 3.05) is 31.7 Å². The zero-order valence-electron chi connectivity index (χ0n) is 17.0. The summed E-state index contributed by atoms with van der Waals surface area (Å²) < 4.78 is 4.83. The number of rotatable bonds is 4. The number of thioether (sulfide) groups is 1. The van der Waals surface area contributed by atoms with Crippen molar-refractivity contribution < 1.29 is 24.5 Å². The van der Waals surface area contributed by atoms with Gasteiger partial charge in [0.1, 0.15) is 11.5 Å². The van der Waals surface area contributed by atoms with Gasteiger partial charge in [-0.05, 0) is 24.3 Å². The lowest BCUT2D eigenvalue weighted by Gasteiger charge is -2.26. The first kappa shape index (κ1) is 24.5. The van der Waals surface area contributed by atoms with Crippen molar-refractivity contribution >= 4 is 24.0 Å². The molecular weight excluding hydrogens is 392 g/mol. The van der Waals surface area contributed by atoms with E-state index >= 15 is 0 Å². The Balaban J connectivity index is 0.000000284. The molecule has 1 saturated heterocycles. The zero-order chi connectivity index (χ0) is 21.6. The smallest absolute Gasteiger partial charge is 0.255 e. The van der Waals surface area contributed by atoms with Crippen molar-refractivity contribution in [3.8, 4) is 11.5 Å². The average molecular weight is 421 g/mol. The molecule has 1 fully saturated rings. The summed E-state index contributed by atoms with van der Waals surface area (Å²) in [4.78, 5) is 28.3. The molecule has 1 amide bonds. The Morgan fingerprint density at radius 3 is 2.48 bits per heavy atom. The van der Waals surface area contributed by atoms with Gasteiger partial charge in [0.15, 0.2) is 6.29 Å². The largest absolute Gasteiger partial charge is 0.507 e. The normalized spacial score (nSPS) is 12.6. The number of pyridine rings is 1. The molecule has 0 atom stereocenters. The molecule has 3 rings (SSSR count). The van der Waals surface area contributed by atoms with Gasteiger partial charge in [0.25, 0.3) is 5.91 Å². The van der Waals surface area contributed by atoms with Crippen molar-refractivity contribution in [3.63, 3.8) is 0 Å². The van der Waals surface area contributed by atoms with Gasteiger partial charge in [0.2, 0.25) is 0 Å². The van der Waals surface area contributed by atoms with Crippen LogP contribution in [0.25, 0.3) is 0 Å². The van der Waals surface area contributed by atoms with E-state index in [2.05, 4.69) is 4.98 Å². The Morgan fingerprint density at radius 1 is 1.24 bits per heavy atom. The molecule has 2 heterocycles. The van der Waals surface area contributed by atoms with Gasteiger partial charge in [-0.15, -0.1) is 0 Å². The van der Waals surface area contributed by atoms with Gasteiger partial charge < -0.3 is 19.8 Å². The molecule has 0 spiro atoms. The molecule has 1 aliphatic heterocycles. The Bertz CT molecular complexity index is 779. The number of amides is 1. The van der Waals surface area contributed by atoms with Gasteiger partial charge in [-0.25, -0.2) is 0 Å². The standard InChI is InChI=1S/C11H14N2O2S.C8H8O3.C2H6/c14-8-10-9(2-1-3-12-10)11(15)13-4-6-16-7-5-13;1-11-8-4-2-3-7(10)6(8)5-9;1-2/h1-3,14H,4-8H2;2-5,10H,1H3;1-2H3. The molecule has 158 valence electrons. The lowest BCUT2D eigenvalue weighted by Crippen LogP contribution is -2.38. The highest BCUT2D eigenvalue weighted by atomic mass is 32.2. The summed E-state index contributed by atoms with van der Waals surface area (Å²) in [6.07, 6.45) is 2.16. The van der Waals surface area contributed by atoms with Gasteiger partial charge in [-0.1, -0.05) is 19.9 Å². The molecule has 0 radical (unpaired) electrons. The average Bonchev–Trinajstić information content (AvgIpc) is 2.80. The second kappa shape index (κ2) is 13.6. The molecule has 7 nitrogen and oxygen atoms in total. The summed E-state index contributed by atoms with van der Waals surface area (Å²) in [5, 5.41) is 18.2. The Labute approximate surface area is 175 Å². The highest BCUT2D eigenvalue weighted by Crippen LogP contribution is 2.24. The van der Waals surface area contributed by atoms with Crippen LogP contribution >= 0.6 is 11.8 Å². The maximum Gasteiger partial charge on any atom is 0.255 e. The first-order valence-corrected chi connectivity index (χ1v) is 10.5. The van der Waals surface area contributed by atoms with Crippen molar-refractivity contribution in [2.45, 2.75) is 20.5 Å². The lowest BCUT2D eigenvalue weighted by atomic mass is 10.1. The fraction of sp³-hybridized carbons (Fsp3) is 0.381. The summed E-state index contributed by atoms with van der Waals surface area (Å²) in [6, 6.07) is 8.12. The quantitative estimate of drug-likeness (QED) is 0.734. The van der Waals surface area contributed by atoms with Crippen LogP contribution in [-0.2, 0) is 6.61 Å². The second-order valence-electron chi connectivity index (χ2n) is 5.57. The van der Waals surface area contributed by atoms with Crippen LogP contribution in [0.15, 0.2) is 36.5 Å².